The van der Waals surface area contributed by atoms with Gasteiger partial charge in [-0.2, -0.15) is 0 Å². The summed E-state index contributed by atoms with van der Waals surface area (Å²) in [5, 5.41) is 21.4. The SMILES string of the molecule is CC(C)=C=C(C(O)c1ccc([N+](=O)[O-])cc1)S(=O)(=O)c1ccc(C)cc1. The second kappa shape index (κ2) is 7.66. The summed E-state index contributed by atoms with van der Waals surface area (Å²) in [6, 6.07) is 11.4. The topological polar surface area (TPSA) is 97.5 Å². The van der Waals surface area contributed by atoms with Gasteiger partial charge in [0.1, 0.15) is 11.0 Å². The van der Waals surface area contributed by atoms with Crippen LogP contribution in [0.1, 0.15) is 31.1 Å². The van der Waals surface area contributed by atoms with Crippen LogP contribution in [0, 0.1) is 17.0 Å². The van der Waals surface area contributed by atoms with Crippen LogP contribution in [0.15, 0.2) is 69.6 Å². The van der Waals surface area contributed by atoms with Crippen LogP contribution in [0.2, 0.25) is 0 Å². The molecule has 1 atom stereocenters. The highest BCUT2D eigenvalue weighted by Gasteiger charge is 2.28. The van der Waals surface area contributed by atoms with Crippen molar-refractivity contribution in [1.29, 1.82) is 0 Å². The van der Waals surface area contributed by atoms with Gasteiger partial charge in [0.05, 0.1) is 9.82 Å². The van der Waals surface area contributed by atoms with Gasteiger partial charge in [0, 0.05) is 12.1 Å². The first kappa shape index (κ1) is 19.6. The van der Waals surface area contributed by atoms with Gasteiger partial charge in [0.15, 0.2) is 0 Å². The molecule has 0 radical (unpaired) electrons. The van der Waals surface area contributed by atoms with Crippen molar-refractivity contribution >= 4 is 15.5 Å². The highest BCUT2D eigenvalue weighted by atomic mass is 32.2. The maximum Gasteiger partial charge on any atom is 0.269 e. The van der Waals surface area contributed by atoms with E-state index in [9.17, 15) is 23.6 Å². The zero-order chi connectivity index (χ0) is 19.5. The minimum atomic E-state index is -3.99. The number of aliphatic hydroxyl groups excluding tert-OH is 1. The fraction of sp³-hybridized carbons (Fsp3) is 0.211. The zero-order valence-corrected chi connectivity index (χ0v) is 15.4. The third-order valence-electron chi connectivity index (χ3n) is 3.66. The fourth-order valence-electron chi connectivity index (χ4n) is 2.30. The zero-order valence-electron chi connectivity index (χ0n) is 14.6. The molecule has 0 heterocycles. The van der Waals surface area contributed by atoms with Crippen LogP contribution in [-0.2, 0) is 9.84 Å². The summed E-state index contributed by atoms with van der Waals surface area (Å²) in [5.41, 5.74) is 4.31. The molecule has 1 N–H and O–H groups in total. The van der Waals surface area contributed by atoms with Gasteiger partial charge >= 0.3 is 0 Å². The third-order valence-corrected chi connectivity index (χ3v) is 5.46. The molecule has 0 fully saturated rings. The van der Waals surface area contributed by atoms with Crippen LogP contribution in [0.5, 0.6) is 0 Å². The van der Waals surface area contributed by atoms with E-state index < -0.39 is 20.9 Å². The minimum Gasteiger partial charge on any atom is -0.382 e. The van der Waals surface area contributed by atoms with Crippen LogP contribution in [0.4, 0.5) is 5.69 Å². The molecule has 0 spiro atoms. The Morgan fingerprint density at radius 2 is 1.62 bits per heavy atom. The first-order valence-electron chi connectivity index (χ1n) is 7.81. The lowest BCUT2D eigenvalue weighted by molar-refractivity contribution is -0.384. The molecule has 7 heteroatoms. The molecule has 2 rings (SSSR count). The van der Waals surface area contributed by atoms with E-state index in [0.717, 1.165) is 5.56 Å². The molecule has 2 aromatic carbocycles. The van der Waals surface area contributed by atoms with Crippen molar-refractivity contribution in [2.24, 2.45) is 0 Å². The Kier molecular flexibility index (Phi) is 5.77. The molecular formula is C19H19NO5S. The predicted molar refractivity (Wildman–Crippen MR) is 98.3 cm³/mol. The number of rotatable bonds is 5. The van der Waals surface area contributed by atoms with Crippen molar-refractivity contribution in [1.82, 2.24) is 0 Å². The van der Waals surface area contributed by atoms with Crippen molar-refractivity contribution < 1.29 is 18.4 Å². The van der Waals surface area contributed by atoms with Crippen LogP contribution >= 0.6 is 0 Å². The minimum absolute atomic E-state index is 0.0489. The number of aliphatic hydroxyl groups is 1. The molecule has 26 heavy (non-hydrogen) atoms. The molecule has 0 saturated carbocycles. The molecule has 0 aliphatic heterocycles. The summed E-state index contributed by atoms with van der Waals surface area (Å²) in [4.78, 5) is 9.95. The number of nitro groups is 1. The number of aryl methyl sites for hydroxylation is 1. The Balaban J connectivity index is 2.56. The van der Waals surface area contributed by atoms with Gasteiger partial charge in [0.25, 0.3) is 5.69 Å². The molecule has 6 nitrogen and oxygen atoms in total. The van der Waals surface area contributed by atoms with Crippen molar-refractivity contribution in [2.45, 2.75) is 31.8 Å². The van der Waals surface area contributed by atoms with E-state index in [4.69, 9.17) is 0 Å². The van der Waals surface area contributed by atoms with Crippen molar-refractivity contribution in [2.75, 3.05) is 0 Å². The largest absolute Gasteiger partial charge is 0.382 e. The molecule has 2 aromatic rings. The molecule has 0 amide bonds. The van der Waals surface area contributed by atoms with Gasteiger partial charge < -0.3 is 5.11 Å². The summed E-state index contributed by atoms with van der Waals surface area (Å²) >= 11 is 0. The van der Waals surface area contributed by atoms with Gasteiger partial charge in [0.2, 0.25) is 9.84 Å². The van der Waals surface area contributed by atoms with Crippen LogP contribution in [0.3, 0.4) is 0 Å². The molecule has 0 saturated heterocycles. The highest BCUT2D eigenvalue weighted by molar-refractivity contribution is 7.95. The smallest absolute Gasteiger partial charge is 0.269 e. The molecule has 0 aliphatic carbocycles. The van der Waals surface area contributed by atoms with Gasteiger partial charge in [-0.15, -0.1) is 5.73 Å². The summed E-state index contributed by atoms with van der Waals surface area (Å²) in [7, 11) is -3.99. The summed E-state index contributed by atoms with van der Waals surface area (Å²) in [6.45, 7) is 5.19. The number of nitrogens with zero attached hydrogens (tertiary/aromatic N) is 1. The number of sulfone groups is 1. The second-order valence-corrected chi connectivity index (χ2v) is 7.98. The standard InChI is InChI=1S/C19H19NO5S/c1-13(2)12-18(26(24,25)17-10-4-14(3)5-11-17)19(21)15-6-8-16(9-7-15)20(22)23/h4-11,19,21H,1-3H3. The number of benzene rings is 2. The maximum atomic E-state index is 13.0. The fourth-order valence-corrected chi connectivity index (χ4v) is 3.82. The highest BCUT2D eigenvalue weighted by Crippen LogP contribution is 2.31. The second-order valence-electron chi connectivity index (χ2n) is 6.06. The molecule has 0 aromatic heterocycles. The average molecular weight is 373 g/mol. The normalized spacial score (nSPS) is 12.2. The lowest BCUT2D eigenvalue weighted by atomic mass is 10.1. The van der Waals surface area contributed by atoms with E-state index in [2.05, 4.69) is 5.73 Å². The van der Waals surface area contributed by atoms with Crippen LogP contribution in [0.25, 0.3) is 0 Å². The number of non-ortho nitro benzene ring substituents is 1. The maximum absolute atomic E-state index is 13.0. The predicted octanol–water partition coefficient (Wildman–Crippen LogP) is 3.86. The first-order chi connectivity index (χ1) is 12.1. The average Bonchev–Trinajstić information content (AvgIpc) is 2.59. The van der Waals surface area contributed by atoms with Gasteiger partial charge in [-0.1, -0.05) is 17.7 Å². The van der Waals surface area contributed by atoms with E-state index in [1.54, 1.807) is 26.0 Å². The number of hydrogen-bond donors (Lipinski definition) is 1. The Hall–Kier alpha value is -2.73. The summed E-state index contributed by atoms with van der Waals surface area (Å²) in [5.74, 6) is 0. The van der Waals surface area contributed by atoms with E-state index in [-0.39, 0.29) is 21.1 Å². The third kappa shape index (κ3) is 4.26. The van der Waals surface area contributed by atoms with Crippen molar-refractivity contribution in [3.8, 4) is 0 Å². The molecule has 0 bridgehead atoms. The lowest BCUT2D eigenvalue weighted by Crippen LogP contribution is -2.12. The molecule has 0 aliphatic rings. The monoisotopic (exact) mass is 373 g/mol. The van der Waals surface area contributed by atoms with E-state index in [1.807, 2.05) is 6.92 Å². The van der Waals surface area contributed by atoms with E-state index >= 15 is 0 Å². The van der Waals surface area contributed by atoms with Gasteiger partial charge in [-0.25, -0.2) is 8.42 Å². The van der Waals surface area contributed by atoms with Crippen LogP contribution < -0.4 is 0 Å². The first-order valence-corrected chi connectivity index (χ1v) is 9.29. The number of nitro benzene ring substituents is 1. The van der Waals surface area contributed by atoms with E-state index in [1.165, 1.54) is 36.4 Å². The Labute approximate surface area is 152 Å². The van der Waals surface area contributed by atoms with Crippen molar-refractivity contribution in [3.63, 3.8) is 0 Å². The molecular weight excluding hydrogens is 354 g/mol. The van der Waals surface area contributed by atoms with Crippen molar-refractivity contribution in [3.05, 3.63) is 86.0 Å². The molecule has 1 unspecified atom stereocenters. The van der Waals surface area contributed by atoms with Crippen LogP contribution in [-0.4, -0.2) is 18.4 Å². The van der Waals surface area contributed by atoms with Gasteiger partial charge in [-0.05, 0) is 56.2 Å². The Bertz CT molecular complexity index is 979. The quantitative estimate of drug-likeness (QED) is 0.487. The summed E-state index contributed by atoms with van der Waals surface area (Å²) < 4.78 is 26.0. The number of hydrogen-bond acceptors (Lipinski definition) is 5. The lowest BCUT2D eigenvalue weighted by Gasteiger charge is -2.15. The molecule has 136 valence electrons. The summed E-state index contributed by atoms with van der Waals surface area (Å²) in [6.07, 6.45) is -1.49. The Morgan fingerprint density at radius 3 is 2.08 bits per heavy atom. The van der Waals surface area contributed by atoms with Gasteiger partial charge in [-0.3, -0.25) is 10.1 Å². The Morgan fingerprint density at radius 1 is 1.08 bits per heavy atom. The van der Waals surface area contributed by atoms with E-state index in [0.29, 0.717) is 5.57 Å².